The van der Waals surface area contributed by atoms with Crippen molar-refractivity contribution in [3.8, 4) is 16.9 Å². The van der Waals surface area contributed by atoms with E-state index in [0.29, 0.717) is 11.4 Å². The molecule has 19 heavy (non-hydrogen) atoms. The van der Waals surface area contributed by atoms with Gasteiger partial charge in [0.05, 0.1) is 11.4 Å². The Morgan fingerprint density at radius 1 is 0.947 bits per heavy atom. The molecule has 3 nitrogen and oxygen atoms in total. The van der Waals surface area contributed by atoms with Crippen molar-refractivity contribution in [2.45, 2.75) is 0 Å². The molecular formula is C15H10FNO2. The lowest BCUT2D eigenvalue weighted by molar-refractivity contribution is 0.504. The first-order valence-electron chi connectivity index (χ1n) is 5.77. The fourth-order valence-corrected chi connectivity index (χ4v) is 1.95. The molecule has 0 atom stereocenters. The van der Waals surface area contributed by atoms with Gasteiger partial charge in [-0.25, -0.2) is 13.8 Å². The smallest absolute Gasteiger partial charge is 0.415 e. The van der Waals surface area contributed by atoms with Gasteiger partial charge in [-0.2, -0.15) is 0 Å². The standard InChI is InChI=1S/C15H10FNO2/c16-12-6-8-13(9-7-12)17-14(10-19-15(17)18)11-4-2-1-3-5-11/h1-10H. The maximum Gasteiger partial charge on any atom is 0.424 e. The van der Waals surface area contributed by atoms with Gasteiger partial charge in [0.2, 0.25) is 0 Å². The van der Waals surface area contributed by atoms with Gasteiger partial charge in [-0.3, -0.25) is 0 Å². The van der Waals surface area contributed by atoms with Gasteiger partial charge in [-0.15, -0.1) is 0 Å². The number of halogens is 1. The molecule has 0 aliphatic rings. The normalized spacial score (nSPS) is 10.6. The first-order valence-corrected chi connectivity index (χ1v) is 5.77. The summed E-state index contributed by atoms with van der Waals surface area (Å²) in [6.07, 6.45) is 1.40. The molecule has 3 rings (SSSR count). The summed E-state index contributed by atoms with van der Waals surface area (Å²) in [5.41, 5.74) is 2.06. The second-order valence-corrected chi connectivity index (χ2v) is 4.06. The van der Waals surface area contributed by atoms with Crippen LogP contribution in [0, 0.1) is 5.82 Å². The predicted octanol–water partition coefficient (Wildman–Crippen LogP) is 3.24. The molecule has 0 fully saturated rings. The minimum absolute atomic E-state index is 0.346. The van der Waals surface area contributed by atoms with E-state index in [1.165, 1.54) is 23.0 Å². The summed E-state index contributed by atoms with van der Waals surface area (Å²) in [4.78, 5) is 11.8. The minimum atomic E-state index is -0.495. The number of rotatable bonds is 2. The zero-order chi connectivity index (χ0) is 13.2. The van der Waals surface area contributed by atoms with E-state index in [0.717, 1.165) is 5.56 Å². The molecule has 0 unspecified atom stereocenters. The molecule has 0 saturated carbocycles. The van der Waals surface area contributed by atoms with Crippen LogP contribution in [0.25, 0.3) is 16.9 Å². The van der Waals surface area contributed by atoms with E-state index < -0.39 is 5.76 Å². The second-order valence-electron chi connectivity index (χ2n) is 4.06. The number of nitrogens with zero attached hydrogens (tertiary/aromatic N) is 1. The summed E-state index contributed by atoms with van der Waals surface area (Å²) in [6, 6.07) is 15.1. The molecular weight excluding hydrogens is 245 g/mol. The lowest BCUT2D eigenvalue weighted by Crippen LogP contribution is -2.13. The largest absolute Gasteiger partial charge is 0.424 e. The zero-order valence-corrected chi connectivity index (χ0v) is 9.92. The monoisotopic (exact) mass is 255 g/mol. The van der Waals surface area contributed by atoms with Crippen molar-refractivity contribution in [3.05, 3.63) is 77.2 Å². The number of benzene rings is 2. The molecule has 1 aromatic heterocycles. The van der Waals surface area contributed by atoms with E-state index >= 15 is 0 Å². The molecule has 0 bridgehead atoms. The molecule has 1 heterocycles. The first-order chi connectivity index (χ1) is 9.25. The lowest BCUT2D eigenvalue weighted by atomic mass is 10.1. The number of hydrogen-bond donors (Lipinski definition) is 0. The second kappa shape index (κ2) is 4.57. The van der Waals surface area contributed by atoms with Crippen molar-refractivity contribution in [2.75, 3.05) is 0 Å². The van der Waals surface area contributed by atoms with Crippen LogP contribution in [-0.4, -0.2) is 4.57 Å². The average Bonchev–Trinajstić information content (AvgIpc) is 2.83. The highest BCUT2D eigenvalue weighted by Crippen LogP contribution is 2.21. The van der Waals surface area contributed by atoms with Crippen LogP contribution in [0.3, 0.4) is 0 Å². The van der Waals surface area contributed by atoms with Crippen molar-refractivity contribution in [1.82, 2.24) is 4.57 Å². The van der Waals surface area contributed by atoms with Gasteiger partial charge >= 0.3 is 5.76 Å². The van der Waals surface area contributed by atoms with E-state index in [1.54, 1.807) is 12.1 Å². The molecule has 0 spiro atoms. The van der Waals surface area contributed by atoms with E-state index in [9.17, 15) is 9.18 Å². The zero-order valence-electron chi connectivity index (χ0n) is 9.92. The van der Waals surface area contributed by atoms with Gasteiger partial charge in [-0.05, 0) is 24.3 Å². The maximum atomic E-state index is 12.9. The summed E-state index contributed by atoms with van der Waals surface area (Å²) in [6.45, 7) is 0. The van der Waals surface area contributed by atoms with Crippen LogP contribution in [0.4, 0.5) is 4.39 Å². The van der Waals surface area contributed by atoms with Crippen LogP contribution in [0.1, 0.15) is 0 Å². The predicted molar refractivity (Wildman–Crippen MR) is 69.7 cm³/mol. The van der Waals surface area contributed by atoms with Gasteiger partial charge in [0.15, 0.2) is 0 Å². The molecule has 0 saturated heterocycles. The highest BCUT2D eigenvalue weighted by molar-refractivity contribution is 5.60. The fraction of sp³-hybridized carbons (Fsp3) is 0. The van der Waals surface area contributed by atoms with Crippen LogP contribution in [0.15, 0.2) is 70.1 Å². The maximum absolute atomic E-state index is 12.9. The molecule has 4 heteroatoms. The SMILES string of the molecule is O=c1occ(-c2ccccc2)n1-c1ccc(F)cc1. The summed E-state index contributed by atoms with van der Waals surface area (Å²) in [5.74, 6) is -0.841. The van der Waals surface area contributed by atoms with Crippen molar-refractivity contribution in [1.29, 1.82) is 0 Å². The van der Waals surface area contributed by atoms with E-state index in [1.807, 2.05) is 30.3 Å². The summed E-state index contributed by atoms with van der Waals surface area (Å²) >= 11 is 0. The van der Waals surface area contributed by atoms with Crippen molar-refractivity contribution in [3.63, 3.8) is 0 Å². The molecule has 0 N–H and O–H groups in total. The molecule has 0 amide bonds. The molecule has 0 aliphatic heterocycles. The molecule has 0 aliphatic carbocycles. The average molecular weight is 255 g/mol. The highest BCUT2D eigenvalue weighted by Gasteiger charge is 2.11. The van der Waals surface area contributed by atoms with Crippen molar-refractivity contribution >= 4 is 0 Å². The number of aromatic nitrogens is 1. The van der Waals surface area contributed by atoms with Crippen LogP contribution < -0.4 is 5.76 Å². The Morgan fingerprint density at radius 2 is 1.63 bits per heavy atom. The van der Waals surface area contributed by atoms with Crippen molar-refractivity contribution in [2.24, 2.45) is 0 Å². The third kappa shape index (κ3) is 2.08. The van der Waals surface area contributed by atoms with Crippen LogP contribution in [0.2, 0.25) is 0 Å². The lowest BCUT2D eigenvalue weighted by Gasteiger charge is -2.05. The molecule has 94 valence electrons. The molecule has 2 aromatic carbocycles. The Kier molecular flexibility index (Phi) is 2.76. The van der Waals surface area contributed by atoms with E-state index in [2.05, 4.69) is 0 Å². The Hall–Kier alpha value is -2.62. The van der Waals surface area contributed by atoms with Crippen molar-refractivity contribution < 1.29 is 8.81 Å². The molecule has 3 aromatic rings. The fourth-order valence-electron chi connectivity index (χ4n) is 1.95. The third-order valence-electron chi connectivity index (χ3n) is 2.85. The van der Waals surface area contributed by atoms with Crippen LogP contribution in [-0.2, 0) is 0 Å². The quantitative estimate of drug-likeness (QED) is 0.704. The van der Waals surface area contributed by atoms with Gasteiger partial charge in [0, 0.05) is 5.56 Å². The van der Waals surface area contributed by atoms with E-state index in [4.69, 9.17) is 4.42 Å². The third-order valence-corrected chi connectivity index (χ3v) is 2.85. The van der Waals surface area contributed by atoms with Crippen LogP contribution in [0.5, 0.6) is 0 Å². The topological polar surface area (TPSA) is 35.1 Å². The summed E-state index contributed by atoms with van der Waals surface area (Å²) in [7, 11) is 0. The first kappa shape index (κ1) is 11.5. The van der Waals surface area contributed by atoms with Gasteiger partial charge in [-0.1, -0.05) is 30.3 Å². The van der Waals surface area contributed by atoms with E-state index in [-0.39, 0.29) is 5.82 Å². The Morgan fingerprint density at radius 3 is 2.32 bits per heavy atom. The molecule has 0 radical (unpaired) electrons. The Balaban J connectivity index is 2.19. The number of hydrogen-bond acceptors (Lipinski definition) is 2. The summed E-state index contributed by atoms with van der Waals surface area (Å²) in [5, 5.41) is 0. The van der Waals surface area contributed by atoms with Gasteiger partial charge in [0.1, 0.15) is 12.1 Å². The van der Waals surface area contributed by atoms with Gasteiger partial charge < -0.3 is 4.42 Å². The highest BCUT2D eigenvalue weighted by atomic mass is 19.1. The minimum Gasteiger partial charge on any atom is -0.415 e. The van der Waals surface area contributed by atoms with Crippen LogP contribution >= 0.6 is 0 Å². The Labute approximate surface area is 108 Å². The van der Waals surface area contributed by atoms with Gasteiger partial charge in [0.25, 0.3) is 0 Å². The summed E-state index contributed by atoms with van der Waals surface area (Å²) < 4.78 is 19.3. The number of oxazole rings is 1. The Bertz CT molecular complexity index is 742.